The second kappa shape index (κ2) is 6.85. The molecule has 0 radical (unpaired) electrons. The Balaban J connectivity index is 2.00. The second-order valence-corrected chi connectivity index (χ2v) is 6.11. The number of nitrogens with zero attached hydrogens (tertiary/aromatic N) is 1. The molecular formula is C17H10Cl3NO3. The van der Waals surface area contributed by atoms with Crippen LogP contribution in [0.15, 0.2) is 47.1 Å². The zero-order valence-electron chi connectivity index (χ0n) is 12.3. The smallest absolute Gasteiger partial charge is 0.363 e. The van der Waals surface area contributed by atoms with Crippen LogP contribution < -0.4 is 4.74 Å². The number of aliphatic imine (C=N–C) groups is 1. The molecule has 3 rings (SSSR count). The lowest BCUT2D eigenvalue weighted by Gasteiger charge is -2.07. The maximum atomic E-state index is 12.1. The standard InChI is InChI=1S/C17H10Cl3NO3/c1-23-15-5-3-10(18)8-11(15)16-21-14(17(22)24-16)7-9-2-4-12(19)13(20)6-9/h2-8H,1H3. The number of ether oxygens (including phenoxy) is 2. The van der Waals surface area contributed by atoms with Crippen molar-refractivity contribution in [2.24, 2.45) is 4.99 Å². The van der Waals surface area contributed by atoms with Gasteiger partial charge in [-0.05, 0) is 42.0 Å². The molecule has 1 heterocycles. The summed E-state index contributed by atoms with van der Waals surface area (Å²) in [5.41, 5.74) is 1.32. The van der Waals surface area contributed by atoms with Gasteiger partial charge in [0.05, 0.1) is 22.7 Å². The summed E-state index contributed by atoms with van der Waals surface area (Å²) >= 11 is 17.8. The van der Waals surface area contributed by atoms with Crippen LogP contribution >= 0.6 is 34.8 Å². The van der Waals surface area contributed by atoms with Crippen molar-refractivity contribution in [3.63, 3.8) is 0 Å². The van der Waals surface area contributed by atoms with Crippen molar-refractivity contribution < 1.29 is 14.3 Å². The molecule has 7 heteroatoms. The number of benzene rings is 2. The van der Waals surface area contributed by atoms with Gasteiger partial charge in [-0.15, -0.1) is 0 Å². The van der Waals surface area contributed by atoms with Crippen molar-refractivity contribution in [1.29, 1.82) is 0 Å². The summed E-state index contributed by atoms with van der Waals surface area (Å²) in [6.07, 6.45) is 1.56. The number of carbonyl (C=O) groups is 1. The van der Waals surface area contributed by atoms with Gasteiger partial charge in [0.25, 0.3) is 0 Å². The number of carbonyl (C=O) groups excluding carboxylic acids is 1. The van der Waals surface area contributed by atoms with Crippen LogP contribution in [0.2, 0.25) is 15.1 Å². The number of esters is 1. The number of cyclic esters (lactones) is 1. The molecule has 0 aliphatic carbocycles. The third-order valence-electron chi connectivity index (χ3n) is 3.26. The van der Waals surface area contributed by atoms with E-state index in [0.717, 1.165) is 0 Å². The molecule has 0 N–H and O–H groups in total. The van der Waals surface area contributed by atoms with Gasteiger partial charge in [-0.25, -0.2) is 9.79 Å². The molecule has 0 spiro atoms. The zero-order valence-corrected chi connectivity index (χ0v) is 14.6. The van der Waals surface area contributed by atoms with Gasteiger partial charge in [0.15, 0.2) is 5.70 Å². The summed E-state index contributed by atoms with van der Waals surface area (Å²) in [5.74, 6) is 0.0606. The Morgan fingerprint density at radius 3 is 2.58 bits per heavy atom. The summed E-state index contributed by atoms with van der Waals surface area (Å²) in [6.45, 7) is 0. The number of hydrogen-bond donors (Lipinski definition) is 0. The molecule has 1 aliphatic heterocycles. The van der Waals surface area contributed by atoms with E-state index in [1.54, 1.807) is 42.5 Å². The van der Waals surface area contributed by atoms with E-state index in [4.69, 9.17) is 44.3 Å². The lowest BCUT2D eigenvalue weighted by molar-refractivity contribution is -0.129. The van der Waals surface area contributed by atoms with E-state index < -0.39 is 5.97 Å². The maximum absolute atomic E-state index is 12.1. The normalized spacial score (nSPS) is 15.4. The molecule has 0 fully saturated rings. The van der Waals surface area contributed by atoms with Crippen molar-refractivity contribution in [3.05, 3.63) is 68.3 Å². The highest BCUT2D eigenvalue weighted by atomic mass is 35.5. The first-order chi connectivity index (χ1) is 11.5. The average molecular weight is 383 g/mol. The van der Waals surface area contributed by atoms with Gasteiger partial charge < -0.3 is 9.47 Å². The predicted molar refractivity (Wildman–Crippen MR) is 95.1 cm³/mol. The highest BCUT2D eigenvalue weighted by molar-refractivity contribution is 6.42. The molecule has 2 aromatic rings. The fraction of sp³-hybridized carbons (Fsp3) is 0.0588. The summed E-state index contributed by atoms with van der Waals surface area (Å²) < 4.78 is 10.5. The SMILES string of the molecule is COc1ccc(Cl)cc1C1=NC(=Cc2ccc(Cl)c(Cl)c2)C(=O)O1. The van der Waals surface area contributed by atoms with E-state index in [9.17, 15) is 4.79 Å². The molecule has 1 aliphatic rings. The van der Waals surface area contributed by atoms with Crippen LogP contribution in [0, 0.1) is 0 Å². The molecule has 0 unspecified atom stereocenters. The van der Waals surface area contributed by atoms with Gasteiger partial charge in [-0.3, -0.25) is 0 Å². The van der Waals surface area contributed by atoms with E-state index in [1.807, 2.05) is 0 Å². The highest BCUT2D eigenvalue weighted by Crippen LogP contribution is 2.29. The molecule has 0 saturated carbocycles. The number of halogens is 3. The van der Waals surface area contributed by atoms with Crippen LogP contribution in [-0.2, 0) is 9.53 Å². The van der Waals surface area contributed by atoms with Crippen LogP contribution in [-0.4, -0.2) is 19.0 Å². The molecule has 0 saturated heterocycles. The molecule has 4 nitrogen and oxygen atoms in total. The zero-order chi connectivity index (χ0) is 17.3. The maximum Gasteiger partial charge on any atom is 0.363 e. The molecule has 0 atom stereocenters. The van der Waals surface area contributed by atoms with Crippen LogP contribution in [0.5, 0.6) is 5.75 Å². The highest BCUT2D eigenvalue weighted by Gasteiger charge is 2.26. The first-order valence-corrected chi connectivity index (χ1v) is 7.93. The van der Waals surface area contributed by atoms with Crippen LogP contribution in [0.1, 0.15) is 11.1 Å². The van der Waals surface area contributed by atoms with E-state index in [-0.39, 0.29) is 11.6 Å². The Morgan fingerprint density at radius 1 is 1.08 bits per heavy atom. The van der Waals surface area contributed by atoms with Crippen molar-refractivity contribution in [2.45, 2.75) is 0 Å². The van der Waals surface area contributed by atoms with E-state index in [0.29, 0.717) is 31.9 Å². The van der Waals surface area contributed by atoms with Crippen molar-refractivity contribution in [2.75, 3.05) is 7.11 Å². The van der Waals surface area contributed by atoms with Gasteiger partial charge in [-0.2, -0.15) is 0 Å². The minimum Gasteiger partial charge on any atom is -0.496 e. The Hall–Kier alpha value is -2.01. The quantitative estimate of drug-likeness (QED) is 0.554. The van der Waals surface area contributed by atoms with Crippen molar-refractivity contribution in [3.8, 4) is 5.75 Å². The first kappa shape index (κ1) is 16.8. The topological polar surface area (TPSA) is 47.9 Å². The number of rotatable bonds is 3. The van der Waals surface area contributed by atoms with E-state index in [1.165, 1.54) is 7.11 Å². The third-order valence-corrected chi connectivity index (χ3v) is 4.23. The Bertz CT molecular complexity index is 891. The summed E-state index contributed by atoms with van der Waals surface area (Å²) in [7, 11) is 1.51. The molecule has 24 heavy (non-hydrogen) atoms. The molecular weight excluding hydrogens is 373 g/mol. The number of hydrogen-bond acceptors (Lipinski definition) is 4. The lowest BCUT2D eigenvalue weighted by Crippen LogP contribution is -2.07. The van der Waals surface area contributed by atoms with Gasteiger partial charge >= 0.3 is 5.97 Å². The minimum absolute atomic E-state index is 0.130. The summed E-state index contributed by atoms with van der Waals surface area (Å²) in [6, 6.07) is 9.97. The van der Waals surface area contributed by atoms with Gasteiger partial charge in [0, 0.05) is 5.02 Å². The summed E-state index contributed by atoms with van der Waals surface area (Å²) in [4.78, 5) is 16.3. The van der Waals surface area contributed by atoms with Crippen molar-refractivity contribution >= 4 is 52.7 Å². The molecule has 0 amide bonds. The van der Waals surface area contributed by atoms with Gasteiger partial charge in [0.1, 0.15) is 5.75 Å². The second-order valence-electron chi connectivity index (χ2n) is 4.85. The molecule has 2 aromatic carbocycles. The van der Waals surface area contributed by atoms with E-state index in [2.05, 4.69) is 4.99 Å². The van der Waals surface area contributed by atoms with Gasteiger partial charge in [-0.1, -0.05) is 40.9 Å². The first-order valence-electron chi connectivity index (χ1n) is 6.79. The van der Waals surface area contributed by atoms with Gasteiger partial charge in [0.2, 0.25) is 5.90 Å². The fourth-order valence-corrected chi connectivity index (χ4v) is 2.61. The van der Waals surface area contributed by atoms with Crippen LogP contribution in [0.3, 0.4) is 0 Å². The summed E-state index contributed by atoms with van der Waals surface area (Å²) in [5, 5.41) is 1.30. The molecule has 0 aromatic heterocycles. The Labute approximate surface area is 153 Å². The lowest BCUT2D eigenvalue weighted by atomic mass is 10.2. The Kier molecular flexibility index (Phi) is 4.81. The van der Waals surface area contributed by atoms with E-state index >= 15 is 0 Å². The number of methoxy groups -OCH3 is 1. The van der Waals surface area contributed by atoms with Crippen LogP contribution in [0.4, 0.5) is 0 Å². The molecule has 122 valence electrons. The fourth-order valence-electron chi connectivity index (χ4n) is 2.13. The third kappa shape index (κ3) is 3.41. The minimum atomic E-state index is -0.571. The molecule has 0 bridgehead atoms. The monoisotopic (exact) mass is 381 g/mol. The largest absolute Gasteiger partial charge is 0.496 e. The Morgan fingerprint density at radius 2 is 1.88 bits per heavy atom. The predicted octanol–water partition coefficient (Wildman–Crippen LogP) is 5.00. The van der Waals surface area contributed by atoms with Crippen LogP contribution in [0.25, 0.3) is 6.08 Å². The van der Waals surface area contributed by atoms with Crippen molar-refractivity contribution in [1.82, 2.24) is 0 Å². The average Bonchev–Trinajstić information content (AvgIpc) is 2.92.